The van der Waals surface area contributed by atoms with Gasteiger partial charge in [-0.1, -0.05) is 26.0 Å². The first-order valence-corrected chi connectivity index (χ1v) is 10.2. The number of hydrogen-bond acceptors (Lipinski definition) is 2. The van der Waals surface area contributed by atoms with Crippen molar-refractivity contribution in [2.45, 2.75) is 66.0 Å². The summed E-state index contributed by atoms with van der Waals surface area (Å²) in [6.07, 6.45) is 2.13. The monoisotopic (exact) mass is 393 g/mol. The van der Waals surface area contributed by atoms with Gasteiger partial charge in [0.1, 0.15) is 5.69 Å². The van der Waals surface area contributed by atoms with Gasteiger partial charge < -0.3 is 9.67 Å². The highest BCUT2D eigenvalue weighted by atomic mass is 16.4. The van der Waals surface area contributed by atoms with Crippen molar-refractivity contribution in [1.82, 2.24) is 14.3 Å². The Bertz CT molecular complexity index is 1020. The highest BCUT2D eigenvalue weighted by Gasteiger charge is 2.23. The first-order valence-electron chi connectivity index (χ1n) is 10.2. The zero-order valence-corrected chi connectivity index (χ0v) is 18.4. The van der Waals surface area contributed by atoms with Crippen molar-refractivity contribution in [2.24, 2.45) is 0 Å². The molecule has 0 radical (unpaired) electrons. The van der Waals surface area contributed by atoms with Crippen LogP contribution in [0, 0.1) is 0 Å². The minimum Gasteiger partial charge on any atom is -0.478 e. The Hall–Kier alpha value is -2.82. The zero-order chi connectivity index (χ0) is 21.5. The number of carboxylic acids is 1. The minimum atomic E-state index is -0.911. The topological polar surface area (TPSA) is 60.0 Å². The molecule has 0 amide bonds. The molecule has 0 spiro atoms. The molecule has 29 heavy (non-hydrogen) atoms. The number of nitrogens with zero attached hydrogens (tertiary/aromatic N) is 3. The molecule has 3 rings (SSSR count). The lowest BCUT2D eigenvalue weighted by Crippen LogP contribution is -2.25. The molecule has 0 saturated heterocycles. The van der Waals surface area contributed by atoms with Gasteiger partial charge in [-0.05, 0) is 70.4 Å². The summed E-state index contributed by atoms with van der Waals surface area (Å²) in [6.45, 7) is 15.2. The molecule has 0 aliphatic rings. The molecule has 1 N–H and O–H groups in total. The Balaban J connectivity index is 2.12. The van der Waals surface area contributed by atoms with Gasteiger partial charge in [0.15, 0.2) is 0 Å². The highest BCUT2D eigenvalue weighted by molar-refractivity contribution is 5.88. The third-order valence-electron chi connectivity index (χ3n) is 5.10. The van der Waals surface area contributed by atoms with Crippen LogP contribution in [-0.4, -0.2) is 25.4 Å². The van der Waals surface area contributed by atoms with Gasteiger partial charge in [-0.15, -0.1) is 0 Å². The quantitative estimate of drug-likeness (QED) is 0.563. The van der Waals surface area contributed by atoms with Crippen molar-refractivity contribution in [3.05, 3.63) is 53.9 Å². The van der Waals surface area contributed by atoms with Crippen LogP contribution in [0.1, 0.15) is 76.5 Å². The first-order chi connectivity index (χ1) is 13.5. The number of hydrogen-bond donors (Lipinski definition) is 1. The molecule has 0 fully saturated rings. The summed E-state index contributed by atoms with van der Waals surface area (Å²) in [6, 6.07) is 11.6. The second-order valence-electron chi connectivity index (χ2n) is 9.19. The molecule has 0 bridgehead atoms. The van der Waals surface area contributed by atoms with E-state index in [-0.39, 0.29) is 11.6 Å². The van der Waals surface area contributed by atoms with Crippen molar-refractivity contribution < 1.29 is 9.90 Å². The van der Waals surface area contributed by atoms with Gasteiger partial charge in [-0.2, -0.15) is 5.10 Å². The highest BCUT2D eigenvalue weighted by Crippen LogP contribution is 2.33. The van der Waals surface area contributed by atoms with Crippen LogP contribution < -0.4 is 0 Å². The summed E-state index contributed by atoms with van der Waals surface area (Å²) in [4.78, 5) is 11.1. The Morgan fingerprint density at radius 2 is 1.62 bits per heavy atom. The van der Waals surface area contributed by atoms with Crippen LogP contribution in [0.15, 0.2) is 42.6 Å². The number of rotatable bonds is 5. The second kappa shape index (κ2) is 7.54. The molecule has 2 aromatic heterocycles. The minimum absolute atomic E-state index is 0.0946. The van der Waals surface area contributed by atoms with Crippen LogP contribution in [-0.2, 0) is 5.54 Å². The van der Waals surface area contributed by atoms with E-state index in [0.29, 0.717) is 11.5 Å². The average Bonchev–Trinajstić information content (AvgIpc) is 3.26. The molecule has 154 valence electrons. The Labute approximate surface area is 173 Å². The molecule has 3 aromatic rings. The molecule has 0 aliphatic carbocycles. The smallest absolute Gasteiger partial charge is 0.335 e. The van der Waals surface area contributed by atoms with E-state index in [1.54, 1.807) is 12.1 Å². The molecular formula is C24H31N3O2. The fourth-order valence-corrected chi connectivity index (χ4v) is 3.54. The molecule has 5 nitrogen and oxygen atoms in total. The first kappa shape index (κ1) is 20.9. The van der Waals surface area contributed by atoms with Crippen LogP contribution in [0.4, 0.5) is 0 Å². The molecule has 2 heterocycles. The number of carbonyl (C=O) groups is 1. The van der Waals surface area contributed by atoms with E-state index in [4.69, 9.17) is 10.2 Å². The van der Waals surface area contributed by atoms with E-state index in [1.807, 2.05) is 12.1 Å². The summed E-state index contributed by atoms with van der Waals surface area (Å²) >= 11 is 0. The normalized spacial score (nSPS) is 12.2. The molecular weight excluding hydrogens is 362 g/mol. The number of aromatic nitrogens is 3. The fraction of sp³-hybridized carbons (Fsp3) is 0.417. The molecule has 0 atom stereocenters. The Kier molecular flexibility index (Phi) is 5.44. The fourth-order valence-electron chi connectivity index (χ4n) is 3.54. The second-order valence-corrected chi connectivity index (χ2v) is 9.19. The zero-order valence-electron chi connectivity index (χ0n) is 18.4. The molecule has 0 unspecified atom stereocenters. The average molecular weight is 394 g/mol. The maximum absolute atomic E-state index is 11.1. The van der Waals surface area contributed by atoms with E-state index in [2.05, 4.69) is 76.0 Å². The van der Waals surface area contributed by atoms with Crippen LogP contribution in [0.5, 0.6) is 0 Å². The van der Waals surface area contributed by atoms with Gasteiger partial charge in [0.05, 0.1) is 16.8 Å². The Morgan fingerprint density at radius 1 is 1.00 bits per heavy atom. The molecule has 0 saturated carbocycles. The van der Waals surface area contributed by atoms with Crippen LogP contribution >= 0.6 is 0 Å². The van der Waals surface area contributed by atoms with Crippen molar-refractivity contribution >= 4 is 5.97 Å². The van der Waals surface area contributed by atoms with Gasteiger partial charge in [-0.25, -0.2) is 4.79 Å². The van der Waals surface area contributed by atoms with Crippen LogP contribution in [0.2, 0.25) is 0 Å². The lowest BCUT2D eigenvalue weighted by Gasteiger charge is -2.23. The van der Waals surface area contributed by atoms with Gasteiger partial charge >= 0.3 is 5.97 Å². The summed E-state index contributed by atoms with van der Waals surface area (Å²) < 4.78 is 4.37. The lowest BCUT2D eigenvalue weighted by molar-refractivity contribution is 0.0697. The van der Waals surface area contributed by atoms with Crippen molar-refractivity contribution in [2.75, 3.05) is 0 Å². The molecule has 5 heteroatoms. The van der Waals surface area contributed by atoms with Crippen molar-refractivity contribution in [1.29, 1.82) is 0 Å². The van der Waals surface area contributed by atoms with E-state index < -0.39 is 5.97 Å². The molecule has 1 aromatic carbocycles. The number of carboxylic acid groups (broad SMARTS) is 1. The lowest BCUT2D eigenvalue weighted by atomic mass is 10.0. The van der Waals surface area contributed by atoms with E-state index in [1.165, 1.54) is 5.69 Å². The maximum Gasteiger partial charge on any atom is 0.335 e. The summed E-state index contributed by atoms with van der Waals surface area (Å²) in [5, 5.41) is 14.1. The van der Waals surface area contributed by atoms with Crippen molar-refractivity contribution in [3.63, 3.8) is 0 Å². The number of aromatic carboxylic acids is 1. The van der Waals surface area contributed by atoms with Gasteiger partial charge in [0.2, 0.25) is 0 Å². The van der Waals surface area contributed by atoms with Gasteiger partial charge in [-0.3, -0.25) is 4.68 Å². The predicted molar refractivity (Wildman–Crippen MR) is 118 cm³/mol. The molecule has 0 aliphatic heterocycles. The van der Waals surface area contributed by atoms with Crippen LogP contribution in [0.25, 0.3) is 22.5 Å². The van der Waals surface area contributed by atoms with E-state index in [9.17, 15) is 4.79 Å². The van der Waals surface area contributed by atoms with Crippen molar-refractivity contribution in [3.8, 4) is 22.5 Å². The summed E-state index contributed by atoms with van der Waals surface area (Å²) in [7, 11) is 0. The largest absolute Gasteiger partial charge is 0.478 e. The number of benzene rings is 1. The maximum atomic E-state index is 11.1. The standard InChI is InChI=1S/C24H31N3O2/c1-15(2)21-13-20(25-27(21)24(5,6)7)22-12-19(14-26(22)16(3)4)17-8-10-18(11-9-17)23(28)29/h8-16H,1-7H3,(H,28,29). The summed E-state index contributed by atoms with van der Waals surface area (Å²) in [5.74, 6) is -0.535. The van der Waals surface area contributed by atoms with Gasteiger partial charge in [0, 0.05) is 23.5 Å². The predicted octanol–water partition coefficient (Wildman–Crippen LogP) is 6.18. The van der Waals surface area contributed by atoms with E-state index >= 15 is 0 Å². The van der Waals surface area contributed by atoms with E-state index in [0.717, 1.165) is 22.5 Å². The third-order valence-corrected chi connectivity index (χ3v) is 5.10. The third kappa shape index (κ3) is 4.14. The Morgan fingerprint density at radius 3 is 2.07 bits per heavy atom. The van der Waals surface area contributed by atoms with Crippen LogP contribution in [0.3, 0.4) is 0 Å². The SMILES string of the molecule is CC(C)c1cc(-c2cc(-c3ccc(C(=O)O)cc3)cn2C(C)C)nn1C(C)(C)C. The van der Waals surface area contributed by atoms with Gasteiger partial charge in [0.25, 0.3) is 0 Å². The summed E-state index contributed by atoms with van der Waals surface area (Å²) in [5.41, 5.74) is 5.51.